The standard InChI is InChI=1S/C15H16N4S/c1-4-12-18-14(17-11-5-7-16-8-6-11)13-9(2)10(3)20-15(13)19-12/h5-8H,4H2,1-3H3,(H,16,17,18,19). The topological polar surface area (TPSA) is 50.7 Å². The van der Waals surface area contributed by atoms with E-state index in [-0.39, 0.29) is 0 Å². The molecule has 1 N–H and O–H groups in total. The molecule has 3 aromatic rings. The molecule has 102 valence electrons. The van der Waals surface area contributed by atoms with E-state index in [0.29, 0.717) is 0 Å². The first-order valence-electron chi connectivity index (χ1n) is 6.62. The molecule has 0 amide bonds. The van der Waals surface area contributed by atoms with Crippen molar-refractivity contribution in [2.24, 2.45) is 0 Å². The third-order valence-corrected chi connectivity index (χ3v) is 4.44. The first-order chi connectivity index (χ1) is 9.69. The summed E-state index contributed by atoms with van der Waals surface area (Å²) >= 11 is 1.73. The fourth-order valence-corrected chi connectivity index (χ4v) is 3.16. The number of anilines is 2. The van der Waals surface area contributed by atoms with Gasteiger partial charge in [0.25, 0.3) is 0 Å². The predicted molar refractivity (Wildman–Crippen MR) is 83.8 cm³/mol. The molecule has 0 bridgehead atoms. The van der Waals surface area contributed by atoms with E-state index < -0.39 is 0 Å². The Bertz CT molecular complexity index is 749. The van der Waals surface area contributed by atoms with Crippen LogP contribution >= 0.6 is 11.3 Å². The second-order valence-corrected chi connectivity index (χ2v) is 5.87. The highest BCUT2D eigenvalue weighted by Crippen LogP contribution is 2.34. The van der Waals surface area contributed by atoms with Gasteiger partial charge in [0.15, 0.2) is 0 Å². The van der Waals surface area contributed by atoms with Crippen molar-refractivity contribution >= 4 is 33.1 Å². The Kier molecular flexibility index (Phi) is 3.36. The number of thiophene rings is 1. The molecule has 0 unspecified atom stereocenters. The lowest BCUT2D eigenvalue weighted by Crippen LogP contribution is -2.00. The van der Waals surface area contributed by atoms with Gasteiger partial charge in [-0.1, -0.05) is 6.92 Å². The molecule has 0 radical (unpaired) electrons. The lowest BCUT2D eigenvalue weighted by molar-refractivity contribution is 0.967. The smallest absolute Gasteiger partial charge is 0.143 e. The number of aromatic nitrogens is 3. The van der Waals surface area contributed by atoms with Crippen LogP contribution in [0.15, 0.2) is 24.5 Å². The van der Waals surface area contributed by atoms with Crippen molar-refractivity contribution in [3.05, 3.63) is 40.8 Å². The Morgan fingerprint density at radius 3 is 2.60 bits per heavy atom. The summed E-state index contributed by atoms with van der Waals surface area (Å²) in [4.78, 5) is 15.7. The molecule has 0 aliphatic carbocycles. The zero-order valence-electron chi connectivity index (χ0n) is 11.8. The minimum Gasteiger partial charge on any atom is -0.339 e. The van der Waals surface area contributed by atoms with Crippen LogP contribution in [0.3, 0.4) is 0 Å². The van der Waals surface area contributed by atoms with Crippen molar-refractivity contribution in [3.63, 3.8) is 0 Å². The molecule has 0 atom stereocenters. The molecule has 0 aromatic carbocycles. The number of rotatable bonds is 3. The van der Waals surface area contributed by atoms with Crippen molar-refractivity contribution in [2.75, 3.05) is 5.32 Å². The number of hydrogen-bond donors (Lipinski definition) is 1. The molecule has 0 saturated heterocycles. The predicted octanol–water partition coefficient (Wildman–Crippen LogP) is 4.01. The second-order valence-electron chi connectivity index (χ2n) is 4.67. The maximum absolute atomic E-state index is 4.65. The SMILES string of the molecule is CCc1nc(Nc2ccncc2)c2c(C)c(C)sc2n1. The molecular weight excluding hydrogens is 268 g/mol. The van der Waals surface area contributed by atoms with Gasteiger partial charge in [0, 0.05) is 29.4 Å². The molecule has 0 fully saturated rings. The summed E-state index contributed by atoms with van der Waals surface area (Å²) in [5.74, 6) is 1.76. The zero-order chi connectivity index (χ0) is 14.1. The van der Waals surface area contributed by atoms with Crippen LogP contribution in [0.1, 0.15) is 23.2 Å². The highest BCUT2D eigenvalue weighted by Gasteiger charge is 2.14. The van der Waals surface area contributed by atoms with E-state index in [4.69, 9.17) is 0 Å². The van der Waals surface area contributed by atoms with Gasteiger partial charge >= 0.3 is 0 Å². The molecule has 0 saturated carbocycles. The summed E-state index contributed by atoms with van der Waals surface area (Å²) in [5.41, 5.74) is 2.24. The molecule has 0 spiro atoms. The number of nitrogens with zero attached hydrogens (tertiary/aromatic N) is 3. The van der Waals surface area contributed by atoms with E-state index in [0.717, 1.165) is 34.0 Å². The molecule has 5 heteroatoms. The van der Waals surface area contributed by atoms with E-state index >= 15 is 0 Å². The van der Waals surface area contributed by atoms with Gasteiger partial charge in [0.05, 0.1) is 5.39 Å². The van der Waals surface area contributed by atoms with Gasteiger partial charge in [-0.05, 0) is 31.5 Å². The first-order valence-corrected chi connectivity index (χ1v) is 7.44. The van der Waals surface area contributed by atoms with E-state index in [2.05, 4.69) is 41.0 Å². The summed E-state index contributed by atoms with van der Waals surface area (Å²) < 4.78 is 0. The lowest BCUT2D eigenvalue weighted by atomic mass is 10.2. The van der Waals surface area contributed by atoms with Gasteiger partial charge in [-0.15, -0.1) is 11.3 Å². The number of nitrogens with one attached hydrogen (secondary N) is 1. The Balaban J connectivity index is 2.17. The van der Waals surface area contributed by atoms with Crippen LogP contribution in [-0.2, 0) is 6.42 Å². The lowest BCUT2D eigenvalue weighted by Gasteiger charge is -2.08. The molecule has 20 heavy (non-hydrogen) atoms. The molecule has 3 rings (SSSR count). The molecule has 0 aliphatic heterocycles. The van der Waals surface area contributed by atoms with Gasteiger partial charge < -0.3 is 5.32 Å². The van der Waals surface area contributed by atoms with Crippen LogP contribution in [0.5, 0.6) is 0 Å². The summed E-state index contributed by atoms with van der Waals surface area (Å²) in [6.07, 6.45) is 4.37. The van der Waals surface area contributed by atoms with Crippen LogP contribution in [0, 0.1) is 13.8 Å². The minimum absolute atomic E-state index is 0.830. The summed E-state index contributed by atoms with van der Waals surface area (Å²) in [7, 11) is 0. The monoisotopic (exact) mass is 284 g/mol. The summed E-state index contributed by atoms with van der Waals surface area (Å²) in [6, 6.07) is 3.88. The number of aryl methyl sites for hydroxylation is 3. The van der Waals surface area contributed by atoms with Crippen LogP contribution in [0.25, 0.3) is 10.2 Å². The van der Waals surface area contributed by atoms with Crippen molar-refractivity contribution in [1.29, 1.82) is 0 Å². The second kappa shape index (κ2) is 5.17. The Morgan fingerprint density at radius 1 is 1.15 bits per heavy atom. The third-order valence-electron chi connectivity index (χ3n) is 3.33. The van der Waals surface area contributed by atoms with E-state index in [9.17, 15) is 0 Å². The van der Waals surface area contributed by atoms with Gasteiger partial charge in [0.2, 0.25) is 0 Å². The van der Waals surface area contributed by atoms with Gasteiger partial charge in [-0.3, -0.25) is 4.98 Å². The first kappa shape index (κ1) is 13.0. The quantitative estimate of drug-likeness (QED) is 0.789. The van der Waals surface area contributed by atoms with Crippen LogP contribution < -0.4 is 5.32 Å². The molecule has 0 aliphatic rings. The van der Waals surface area contributed by atoms with Gasteiger partial charge in [0.1, 0.15) is 16.5 Å². The van der Waals surface area contributed by atoms with E-state index in [1.807, 2.05) is 12.1 Å². The largest absolute Gasteiger partial charge is 0.339 e. The Labute approximate surface area is 121 Å². The third kappa shape index (κ3) is 2.25. The normalized spacial score (nSPS) is 10.9. The van der Waals surface area contributed by atoms with Gasteiger partial charge in [-0.25, -0.2) is 9.97 Å². The van der Waals surface area contributed by atoms with Crippen molar-refractivity contribution < 1.29 is 0 Å². The average Bonchev–Trinajstić information content (AvgIpc) is 2.75. The maximum atomic E-state index is 4.65. The molecule has 4 nitrogen and oxygen atoms in total. The van der Waals surface area contributed by atoms with E-state index in [1.165, 1.54) is 10.4 Å². The minimum atomic E-state index is 0.830. The highest BCUT2D eigenvalue weighted by molar-refractivity contribution is 7.18. The van der Waals surface area contributed by atoms with Crippen LogP contribution in [0.4, 0.5) is 11.5 Å². The Hall–Kier alpha value is -2.01. The fraction of sp³-hybridized carbons (Fsp3) is 0.267. The molecule has 3 heterocycles. The molecular formula is C15H16N4S. The summed E-state index contributed by atoms with van der Waals surface area (Å²) in [5, 5.41) is 4.52. The number of hydrogen-bond acceptors (Lipinski definition) is 5. The highest BCUT2D eigenvalue weighted by atomic mass is 32.1. The summed E-state index contributed by atoms with van der Waals surface area (Å²) in [6.45, 7) is 6.33. The maximum Gasteiger partial charge on any atom is 0.143 e. The number of fused-ring (bicyclic) bond motifs is 1. The van der Waals surface area contributed by atoms with Crippen molar-refractivity contribution in [3.8, 4) is 0 Å². The Morgan fingerprint density at radius 2 is 1.90 bits per heavy atom. The zero-order valence-corrected chi connectivity index (χ0v) is 12.6. The fourth-order valence-electron chi connectivity index (χ4n) is 2.11. The van der Waals surface area contributed by atoms with Crippen molar-refractivity contribution in [1.82, 2.24) is 15.0 Å². The van der Waals surface area contributed by atoms with Crippen LogP contribution in [0.2, 0.25) is 0 Å². The number of pyridine rings is 1. The van der Waals surface area contributed by atoms with Crippen LogP contribution in [-0.4, -0.2) is 15.0 Å². The van der Waals surface area contributed by atoms with Gasteiger partial charge in [-0.2, -0.15) is 0 Å². The average molecular weight is 284 g/mol. The van der Waals surface area contributed by atoms with E-state index in [1.54, 1.807) is 23.7 Å². The van der Waals surface area contributed by atoms with Crippen molar-refractivity contribution in [2.45, 2.75) is 27.2 Å². The molecule has 3 aromatic heterocycles.